The fraction of sp³-hybridized carbons (Fsp3) is 0.579. The molecule has 26 heavy (non-hydrogen) atoms. The number of hydrogen-bond acceptors (Lipinski definition) is 6. The van der Waals surface area contributed by atoms with Gasteiger partial charge in [-0.25, -0.2) is 0 Å². The van der Waals surface area contributed by atoms with Crippen molar-refractivity contribution in [1.29, 1.82) is 0 Å². The maximum absolute atomic E-state index is 12.6. The van der Waals surface area contributed by atoms with Crippen molar-refractivity contribution >= 4 is 11.9 Å². The molecule has 0 spiro atoms. The van der Waals surface area contributed by atoms with Crippen LogP contribution in [0.1, 0.15) is 25.8 Å². The van der Waals surface area contributed by atoms with Gasteiger partial charge in [0.1, 0.15) is 0 Å². The number of esters is 1. The van der Waals surface area contributed by atoms with E-state index in [4.69, 9.17) is 14.2 Å². The van der Waals surface area contributed by atoms with Crippen LogP contribution in [0.25, 0.3) is 0 Å². The number of rotatable bonds is 10. The van der Waals surface area contributed by atoms with E-state index in [0.29, 0.717) is 17.9 Å². The lowest BCUT2D eigenvalue weighted by Crippen LogP contribution is -2.41. The minimum absolute atomic E-state index is 0.128. The smallest absolute Gasteiger partial charge is 0.310 e. The number of carbonyl (C=O) groups excluding carboxylic acids is 2. The summed E-state index contributed by atoms with van der Waals surface area (Å²) in [6.45, 7) is 3.69. The molecule has 146 valence electrons. The zero-order chi connectivity index (χ0) is 19.7. The first kappa shape index (κ1) is 21.8. The van der Waals surface area contributed by atoms with E-state index in [0.717, 1.165) is 5.56 Å². The number of aliphatic hydroxyl groups is 1. The predicted molar refractivity (Wildman–Crippen MR) is 97.3 cm³/mol. The third-order valence-corrected chi connectivity index (χ3v) is 4.01. The van der Waals surface area contributed by atoms with Crippen LogP contribution < -0.4 is 9.47 Å². The highest BCUT2D eigenvalue weighted by molar-refractivity contribution is 5.78. The molecule has 1 aromatic rings. The Kier molecular flexibility index (Phi) is 8.92. The molecule has 7 heteroatoms. The van der Waals surface area contributed by atoms with Crippen molar-refractivity contribution in [2.24, 2.45) is 5.92 Å². The summed E-state index contributed by atoms with van der Waals surface area (Å²) in [5.74, 6) is 0.274. The number of benzene rings is 1. The molecule has 0 saturated heterocycles. The second kappa shape index (κ2) is 10.7. The van der Waals surface area contributed by atoms with Gasteiger partial charge in [0.25, 0.3) is 0 Å². The average Bonchev–Trinajstić information content (AvgIpc) is 2.63. The van der Waals surface area contributed by atoms with Gasteiger partial charge < -0.3 is 24.2 Å². The van der Waals surface area contributed by atoms with E-state index in [1.807, 2.05) is 12.1 Å². The van der Waals surface area contributed by atoms with Gasteiger partial charge in [0.05, 0.1) is 33.4 Å². The molecule has 0 bridgehead atoms. The maximum atomic E-state index is 12.6. The van der Waals surface area contributed by atoms with Crippen LogP contribution in [0.5, 0.6) is 11.5 Å². The Morgan fingerprint density at radius 1 is 1.08 bits per heavy atom. The summed E-state index contributed by atoms with van der Waals surface area (Å²) in [5.41, 5.74) is 0.939. The summed E-state index contributed by atoms with van der Waals surface area (Å²) in [7, 11) is 4.44. The molecule has 1 rings (SSSR count). The molecule has 1 aromatic carbocycles. The number of carbonyl (C=O) groups is 2. The average molecular weight is 367 g/mol. The van der Waals surface area contributed by atoms with Gasteiger partial charge in [-0.2, -0.15) is 0 Å². The van der Waals surface area contributed by atoms with Crippen LogP contribution in [-0.4, -0.2) is 62.4 Å². The molecular weight excluding hydrogens is 338 g/mol. The van der Waals surface area contributed by atoms with Gasteiger partial charge in [-0.05, 0) is 31.0 Å². The third-order valence-electron chi connectivity index (χ3n) is 4.01. The Labute approximate surface area is 154 Å². The molecule has 1 N–H and O–H groups in total. The zero-order valence-corrected chi connectivity index (χ0v) is 16.2. The first-order chi connectivity index (χ1) is 12.3. The van der Waals surface area contributed by atoms with Crippen molar-refractivity contribution in [2.75, 3.05) is 34.4 Å². The van der Waals surface area contributed by atoms with Gasteiger partial charge in [-0.3, -0.25) is 9.59 Å². The lowest BCUT2D eigenvalue weighted by molar-refractivity contribution is -0.146. The molecule has 0 aromatic heterocycles. The SMILES string of the molecule is COC(=O)C(C)CN(CC(C)O)C(=O)CCc1ccc(OC)c(OC)c1. The lowest BCUT2D eigenvalue weighted by Gasteiger charge is -2.26. The minimum atomic E-state index is -0.676. The second-order valence-electron chi connectivity index (χ2n) is 6.26. The number of aryl methyl sites for hydroxylation is 1. The van der Waals surface area contributed by atoms with Crippen molar-refractivity contribution < 1.29 is 28.9 Å². The molecule has 7 nitrogen and oxygen atoms in total. The molecule has 1 amide bonds. The number of amides is 1. The fourth-order valence-corrected chi connectivity index (χ4v) is 2.65. The Morgan fingerprint density at radius 3 is 2.27 bits per heavy atom. The van der Waals surface area contributed by atoms with Crippen molar-refractivity contribution in [3.8, 4) is 11.5 Å². The van der Waals surface area contributed by atoms with E-state index in [1.165, 1.54) is 12.0 Å². The Morgan fingerprint density at radius 2 is 1.73 bits per heavy atom. The number of methoxy groups -OCH3 is 3. The van der Waals surface area contributed by atoms with E-state index < -0.39 is 12.0 Å². The summed E-state index contributed by atoms with van der Waals surface area (Å²) in [6, 6.07) is 5.51. The number of nitrogens with zero attached hydrogens (tertiary/aromatic N) is 1. The summed E-state index contributed by atoms with van der Waals surface area (Å²) in [5, 5.41) is 9.65. The predicted octanol–water partition coefficient (Wildman–Crippen LogP) is 1.65. The van der Waals surface area contributed by atoms with Crippen LogP contribution in [0, 0.1) is 5.92 Å². The molecule has 0 radical (unpaired) electrons. The summed E-state index contributed by atoms with van der Waals surface area (Å²) in [6.07, 6.45) is 0.1000. The Hall–Kier alpha value is -2.28. The third kappa shape index (κ3) is 6.55. The monoisotopic (exact) mass is 367 g/mol. The van der Waals surface area contributed by atoms with E-state index in [9.17, 15) is 14.7 Å². The molecular formula is C19H29NO6. The summed E-state index contributed by atoms with van der Waals surface area (Å²) in [4.78, 5) is 25.7. The molecule has 0 aliphatic carbocycles. The minimum Gasteiger partial charge on any atom is -0.493 e. The first-order valence-electron chi connectivity index (χ1n) is 8.56. The summed E-state index contributed by atoms with van der Waals surface area (Å²) >= 11 is 0. The number of aliphatic hydroxyl groups excluding tert-OH is 1. The van der Waals surface area contributed by atoms with E-state index in [1.54, 1.807) is 34.1 Å². The number of ether oxygens (including phenoxy) is 3. The van der Waals surface area contributed by atoms with Gasteiger partial charge in [0.15, 0.2) is 11.5 Å². The maximum Gasteiger partial charge on any atom is 0.310 e. The highest BCUT2D eigenvalue weighted by Crippen LogP contribution is 2.28. The van der Waals surface area contributed by atoms with Gasteiger partial charge in [-0.15, -0.1) is 0 Å². The molecule has 2 unspecified atom stereocenters. The van der Waals surface area contributed by atoms with Crippen LogP contribution >= 0.6 is 0 Å². The molecule has 2 atom stereocenters. The van der Waals surface area contributed by atoms with Gasteiger partial charge >= 0.3 is 5.97 Å². The highest BCUT2D eigenvalue weighted by atomic mass is 16.5. The van der Waals surface area contributed by atoms with Crippen LogP contribution in [-0.2, 0) is 20.7 Å². The van der Waals surface area contributed by atoms with Crippen LogP contribution in [0.3, 0.4) is 0 Å². The molecule has 0 aliphatic rings. The van der Waals surface area contributed by atoms with Gasteiger partial charge in [-0.1, -0.05) is 13.0 Å². The van der Waals surface area contributed by atoms with E-state index >= 15 is 0 Å². The highest BCUT2D eigenvalue weighted by Gasteiger charge is 2.22. The molecule has 0 aliphatic heterocycles. The van der Waals surface area contributed by atoms with E-state index in [-0.39, 0.29) is 31.4 Å². The fourth-order valence-electron chi connectivity index (χ4n) is 2.65. The van der Waals surface area contributed by atoms with E-state index in [2.05, 4.69) is 0 Å². The molecule has 0 fully saturated rings. The first-order valence-corrected chi connectivity index (χ1v) is 8.56. The zero-order valence-electron chi connectivity index (χ0n) is 16.2. The second-order valence-corrected chi connectivity index (χ2v) is 6.26. The largest absolute Gasteiger partial charge is 0.493 e. The van der Waals surface area contributed by atoms with Crippen LogP contribution in [0.4, 0.5) is 0 Å². The summed E-state index contributed by atoms with van der Waals surface area (Å²) < 4.78 is 15.2. The van der Waals surface area contributed by atoms with Gasteiger partial charge in [0.2, 0.25) is 5.91 Å². The molecule has 0 heterocycles. The van der Waals surface area contributed by atoms with Crippen molar-refractivity contribution in [1.82, 2.24) is 4.90 Å². The van der Waals surface area contributed by atoms with Crippen molar-refractivity contribution in [3.05, 3.63) is 23.8 Å². The standard InChI is InChI=1S/C19H29NO6/c1-13(19(23)26-5)11-20(12-14(2)21)18(22)9-7-15-6-8-16(24-3)17(10-15)25-4/h6,8,10,13-14,21H,7,9,11-12H2,1-5H3. The van der Waals surface area contributed by atoms with Crippen LogP contribution in [0.15, 0.2) is 18.2 Å². The Bertz CT molecular complexity index is 602. The van der Waals surface area contributed by atoms with Gasteiger partial charge in [0, 0.05) is 19.5 Å². The topological polar surface area (TPSA) is 85.3 Å². The van der Waals surface area contributed by atoms with Crippen molar-refractivity contribution in [3.63, 3.8) is 0 Å². The normalized spacial score (nSPS) is 12.8. The Balaban J connectivity index is 2.75. The quantitative estimate of drug-likeness (QED) is 0.633. The lowest BCUT2D eigenvalue weighted by atomic mass is 10.1. The number of hydrogen-bond donors (Lipinski definition) is 1. The van der Waals surface area contributed by atoms with Crippen LogP contribution in [0.2, 0.25) is 0 Å². The molecule has 0 saturated carbocycles. The van der Waals surface area contributed by atoms with Crippen molar-refractivity contribution in [2.45, 2.75) is 32.8 Å².